The molecule has 42 heavy (non-hydrogen) atoms. The predicted molar refractivity (Wildman–Crippen MR) is 159 cm³/mol. The number of hydrogen-bond donors (Lipinski definition) is 3. The number of nitrogens with zero attached hydrogens (tertiary/aromatic N) is 4. The molecule has 0 bridgehead atoms. The second-order valence-electron chi connectivity index (χ2n) is 9.98. The standard InChI is InChI=1S/C29H32N6O6S/c1-29(2,3)20-9-11-22(12-10-20)42(37,38)35-27-25(41-24-8-6-5-7-23(24)39-4)28(40-16-15-36)34-26(33-27)19-13-14-31-21(17-19)18-32-30/h5-14,17-18,36H,15-16,30H2,1-4H3,(H,33,34,35). The molecule has 0 saturated carbocycles. The topological polar surface area (TPSA) is 171 Å². The summed E-state index contributed by atoms with van der Waals surface area (Å²) in [5.41, 5.74) is 1.70. The number of pyridine rings is 1. The van der Waals surface area contributed by atoms with Crippen LogP contribution in [0.3, 0.4) is 0 Å². The zero-order valence-electron chi connectivity index (χ0n) is 23.6. The molecule has 220 valence electrons. The molecule has 12 nitrogen and oxygen atoms in total. The lowest BCUT2D eigenvalue weighted by molar-refractivity contribution is 0.192. The average molecular weight is 593 g/mol. The molecule has 0 unspecified atom stereocenters. The quantitative estimate of drug-likeness (QED) is 0.131. The van der Waals surface area contributed by atoms with E-state index in [2.05, 4.69) is 24.8 Å². The SMILES string of the molecule is COc1ccccc1Oc1c(NS(=O)(=O)c2ccc(C(C)(C)C)cc2)nc(-c2ccnc(C=NN)c2)nc1OCCO. The number of hydrogen-bond acceptors (Lipinski definition) is 11. The summed E-state index contributed by atoms with van der Waals surface area (Å²) in [6, 6.07) is 16.6. The lowest BCUT2D eigenvalue weighted by Gasteiger charge is -2.20. The number of aliphatic hydroxyl groups is 1. The summed E-state index contributed by atoms with van der Waals surface area (Å²) >= 11 is 0. The summed E-state index contributed by atoms with van der Waals surface area (Å²) in [5.74, 6) is 5.54. The van der Waals surface area contributed by atoms with Crippen LogP contribution < -0.4 is 24.8 Å². The van der Waals surface area contributed by atoms with Crippen LogP contribution in [0, 0.1) is 0 Å². The van der Waals surface area contributed by atoms with Crippen molar-refractivity contribution in [3.63, 3.8) is 0 Å². The second-order valence-corrected chi connectivity index (χ2v) is 11.7. The number of nitrogens with one attached hydrogen (secondary N) is 1. The van der Waals surface area contributed by atoms with Crippen molar-refractivity contribution < 1.29 is 27.7 Å². The highest BCUT2D eigenvalue weighted by molar-refractivity contribution is 7.92. The summed E-state index contributed by atoms with van der Waals surface area (Å²) in [6.45, 7) is 5.63. The van der Waals surface area contributed by atoms with Crippen molar-refractivity contribution in [2.45, 2.75) is 31.1 Å². The molecule has 0 aliphatic carbocycles. The smallest absolute Gasteiger partial charge is 0.263 e. The fourth-order valence-electron chi connectivity index (χ4n) is 3.83. The van der Waals surface area contributed by atoms with Gasteiger partial charge in [0.25, 0.3) is 15.9 Å². The van der Waals surface area contributed by atoms with Gasteiger partial charge in [0.15, 0.2) is 23.1 Å². The van der Waals surface area contributed by atoms with E-state index in [1.807, 2.05) is 20.8 Å². The van der Waals surface area contributed by atoms with Crippen LogP contribution >= 0.6 is 0 Å². The van der Waals surface area contributed by atoms with Crippen molar-refractivity contribution in [1.29, 1.82) is 0 Å². The van der Waals surface area contributed by atoms with E-state index >= 15 is 0 Å². The van der Waals surface area contributed by atoms with E-state index < -0.39 is 10.0 Å². The van der Waals surface area contributed by atoms with Gasteiger partial charge in [0.1, 0.15) is 6.61 Å². The van der Waals surface area contributed by atoms with Gasteiger partial charge in [-0.2, -0.15) is 10.1 Å². The largest absolute Gasteiger partial charge is 0.493 e. The maximum absolute atomic E-state index is 13.6. The van der Waals surface area contributed by atoms with Crippen LogP contribution in [0.2, 0.25) is 0 Å². The molecule has 0 fully saturated rings. The number of anilines is 1. The van der Waals surface area contributed by atoms with Crippen LogP contribution in [-0.2, 0) is 15.4 Å². The summed E-state index contributed by atoms with van der Waals surface area (Å²) in [4.78, 5) is 13.2. The van der Waals surface area contributed by atoms with Crippen LogP contribution in [0.15, 0.2) is 76.9 Å². The van der Waals surface area contributed by atoms with Crippen molar-refractivity contribution in [3.8, 4) is 34.5 Å². The Balaban J connectivity index is 1.89. The number of sulfonamides is 1. The Morgan fingerprint density at radius 3 is 2.40 bits per heavy atom. The first kappa shape index (κ1) is 30.2. The van der Waals surface area contributed by atoms with Crippen molar-refractivity contribution in [2.75, 3.05) is 25.0 Å². The van der Waals surface area contributed by atoms with Crippen molar-refractivity contribution in [2.24, 2.45) is 10.9 Å². The third kappa shape index (κ3) is 7.11. The van der Waals surface area contributed by atoms with Gasteiger partial charge in [-0.25, -0.2) is 13.4 Å². The molecule has 4 aromatic rings. The number of rotatable bonds is 11. The molecule has 4 N–H and O–H groups in total. The van der Waals surface area contributed by atoms with E-state index in [9.17, 15) is 13.5 Å². The van der Waals surface area contributed by atoms with Crippen LogP contribution in [0.1, 0.15) is 32.0 Å². The molecule has 4 rings (SSSR count). The van der Waals surface area contributed by atoms with E-state index in [1.165, 1.54) is 31.7 Å². The van der Waals surface area contributed by atoms with Crippen molar-refractivity contribution in [1.82, 2.24) is 15.0 Å². The highest BCUT2D eigenvalue weighted by atomic mass is 32.2. The third-order valence-corrected chi connectivity index (χ3v) is 7.31. The fourth-order valence-corrected chi connectivity index (χ4v) is 4.83. The average Bonchev–Trinajstić information content (AvgIpc) is 2.97. The fraction of sp³-hybridized carbons (Fsp3) is 0.241. The Labute approximate surface area is 244 Å². The second kappa shape index (κ2) is 12.8. The van der Waals surface area contributed by atoms with Gasteiger partial charge in [0, 0.05) is 11.8 Å². The number of aliphatic hydroxyl groups excluding tert-OH is 1. The lowest BCUT2D eigenvalue weighted by Crippen LogP contribution is -2.17. The number of hydrazone groups is 1. The summed E-state index contributed by atoms with van der Waals surface area (Å²) in [7, 11) is -2.69. The Kier molecular flexibility index (Phi) is 9.23. The first-order chi connectivity index (χ1) is 20.1. The molecule has 13 heteroatoms. The molecular weight excluding hydrogens is 560 g/mol. The summed E-state index contributed by atoms with van der Waals surface area (Å²) in [5, 5.41) is 13.0. The van der Waals surface area contributed by atoms with E-state index in [0.29, 0.717) is 17.0 Å². The lowest BCUT2D eigenvalue weighted by atomic mass is 9.87. The number of aromatic nitrogens is 3. The van der Waals surface area contributed by atoms with E-state index in [1.54, 1.807) is 48.5 Å². The number of para-hydroxylation sites is 2. The van der Waals surface area contributed by atoms with E-state index in [-0.39, 0.29) is 52.5 Å². The molecule has 2 heterocycles. The molecule has 0 aliphatic heterocycles. The Bertz CT molecular complexity index is 1670. The Morgan fingerprint density at radius 1 is 1.05 bits per heavy atom. The van der Waals surface area contributed by atoms with Gasteiger partial charge in [-0.15, -0.1) is 0 Å². The number of nitrogens with two attached hydrogens (primary N) is 1. The van der Waals surface area contributed by atoms with E-state index in [4.69, 9.17) is 20.1 Å². The van der Waals surface area contributed by atoms with Crippen LogP contribution in [0.4, 0.5) is 5.82 Å². The van der Waals surface area contributed by atoms with Crippen LogP contribution in [0.5, 0.6) is 23.1 Å². The zero-order valence-corrected chi connectivity index (χ0v) is 24.4. The van der Waals surface area contributed by atoms with Gasteiger partial charge in [-0.3, -0.25) is 9.71 Å². The highest BCUT2D eigenvalue weighted by Crippen LogP contribution is 2.41. The molecule has 2 aromatic carbocycles. The van der Waals surface area contributed by atoms with Gasteiger partial charge in [0.05, 0.1) is 30.5 Å². The molecular formula is C29H32N6O6S. The molecule has 0 aliphatic rings. The molecule has 0 atom stereocenters. The first-order valence-corrected chi connectivity index (χ1v) is 14.3. The third-order valence-electron chi connectivity index (χ3n) is 5.95. The van der Waals surface area contributed by atoms with Crippen molar-refractivity contribution >= 4 is 22.1 Å². The molecule has 0 amide bonds. The first-order valence-electron chi connectivity index (χ1n) is 12.9. The molecule has 0 spiro atoms. The predicted octanol–water partition coefficient (Wildman–Crippen LogP) is 4.10. The van der Waals surface area contributed by atoms with Gasteiger partial charge < -0.3 is 25.2 Å². The normalized spacial score (nSPS) is 11.8. The van der Waals surface area contributed by atoms with Gasteiger partial charge >= 0.3 is 0 Å². The summed E-state index contributed by atoms with van der Waals surface area (Å²) < 4.78 is 47.0. The molecule has 0 saturated heterocycles. The number of ether oxygens (including phenoxy) is 3. The van der Waals surface area contributed by atoms with Crippen molar-refractivity contribution in [3.05, 3.63) is 78.1 Å². The Hall–Kier alpha value is -4.75. The number of benzene rings is 2. The van der Waals surface area contributed by atoms with Gasteiger partial charge in [-0.1, -0.05) is 45.0 Å². The monoisotopic (exact) mass is 592 g/mol. The van der Waals surface area contributed by atoms with Gasteiger partial charge in [-0.05, 0) is 47.4 Å². The number of methoxy groups -OCH3 is 1. The molecule has 2 aromatic heterocycles. The van der Waals surface area contributed by atoms with Crippen LogP contribution in [0.25, 0.3) is 11.4 Å². The van der Waals surface area contributed by atoms with E-state index in [0.717, 1.165) is 5.56 Å². The summed E-state index contributed by atoms with van der Waals surface area (Å²) in [6.07, 6.45) is 2.85. The Morgan fingerprint density at radius 2 is 1.76 bits per heavy atom. The maximum atomic E-state index is 13.6. The van der Waals surface area contributed by atoms with Crippen LogP contribution in [-0.4, -0.2) is 55.0 Å². The minimum absolute atomic E-state index is 0.0158. The minimum atomic E-state index is -4.17. The minimum Gasteiger partial charge on any atom is -0.493 e. The van der Waals surface area contributed by atoms with Gasteiger partial charge in [0.2, 0.25) is 5.75 Å². The maximum Gasteiger partial charge on any atom is 0.263 e. The zero-order chi connectivity index (χ0) is 30.3. The highest BCUT2D eigenvalue weighted by Gasteiger charge is 2.26. The molecule has 0 radical (unpaired) electrons.